The topological polar surface area (TPSA) is 120 Å². The number of hydrogen-bond donors (Lipinski definition) is 0. The molecular weight excluding hydrogens is 299 g/mol. The number of nitro benzene ring substituents is 2. The lowest BCUT2D eigenvalue weighted by Gasteiger charge is -2.11. The number of carbonyl (C=O) groups excluding carboxylic acids is 2. The van der Waals surface area contributed by atoms with Crippen molar-refractivity contribution in [3.8, 4) is 0 Å². The van der Waals surface area contributed by atoms with Gasteiger partial charge in [-0.2, -0.15) is 0 Å². The van der Waals surface area contributed by atoms with Crippen molar-refractivity contribution in [1.82, 2.24) is 0 Å². The van der Waals surface area contributed by atoms with Crippen LogP contribution in [0.15, 0.2) is 18.2 Å². The maximum atomic E-state index is 14.0. The molecule has 0 saturated heterocycles. The number of benzene rings is 1. The van der Waals surface area contributed by atoms with Gasteiger partial charge in [0.25, 0.3) is 0 Å². The number of rotatable bonds is 7. The van der Waals surface area contributed by atoms with Gasteiger partial charge < -0.3 is 0 Å². The Kier molecular flexibility index (Phi) is 5.39. The zero-order valence-corrected chi connectivity index (χ0v) is 11.8. The summed E-state index contributed by atoms with van der Waals surface area (Å²) in [6, 6.07) is 2.75. The van der Waals surface area contributed by atoms with E-state index in [-0.39, 0.29) is 0 Å². The molecule has 22 heavy (non-hydrogen) atoms. The van der Waals surface area contributed by atoms with Crippen molar-refractivity contribution in [2.45, 2.75) is 26.4 Å². The second kappa shape index (κ2) is 6.83. The molecule has 0 radical (unpaired) electrons. The number of halogens is 1. The molecule has 0 spiro atoms. The first-order chi connectivity index (χ1) is 10.2. The van der Waals surface area contributed by atoms with Gasteiger partial charge in [-0.1, -0.05) is 19.9 Å². The van der Waals surface area contributed by atoms with E-state index < -0.39 is 50.4 Å². The maximum Gasteiger partial charge on any atom is 0.356 e. The van der Waals surface area contributed by atoms with E-state index in [1.165, 1.54) is 6.92 Å². The van der Waals surface area contributed by atoms with Crippen molar-refractivity contribution in [3.05, 3.63) is 44.0 Å². The Morgan fingerprint density at radius 2 is 1.82 bits per heavy atom. The van der Waals surface area contributed by atoms with Gasteiger partial charge in [-0.15, -0.1) is 0 Å². The number of nitrogens with zero attached hydrogens (tertiary/aromatic N) is 2. The molecule has 0 aliphatic rings. The van der Waals surface area contributed by atoms with E-state index in [0.717, 1.165) is 18.2 Å². The minimum absolute atomic E-state index is 0.295. The zero-order valence-electron chi connectivity index (χ0n) is 11.8. The van der Waals surface area contributed by atoms with Gasteiger partial charge >= 0.3 is 11.4 Å². The predicted molar refractivity (Wildman–Crippen MR) is 73.4 cm³/mol. The molecule has 0 bridgehead atoms. The largest absolute Gasteiger partial charge is 0.356 e. The van der Waals surface area contributed by atoms with Crippen LogP contribution in [0.3, 0.4) is 0 Å². The van der Waals surface area contributed by atoms with Crippen LogP contribution in [0.2, 0.25) is 0 Å². The highest BCUT2D eigenvalue weighted by atomic mass is 19.1. The highest BCUT2D eigenvalue weighted by Crippen LogP contribution is 2.31. The smallest absolute Gasteiger partial charge is 0.296 e. The summed E-state index contributed by atoms with van der Waals surface area (Å²) in [5.74, 6) is -3.19. The van der Waals surface area contributed by atoms with E-state index in [0.29, 0.717) is 6.42 Å². The molecular formula is C13H13FN2O6. The Labute approximate surface area is 124 Å². The summed E-state index contributed by atoms with van der Waals surface area (Å²) in [7, 11) is 0. The Hall–Kier alpha value is -2.71. The SMILES string of the molecule is CCC(C)C(=O)C(F)C(=O)c1cccc([N+](=O)[O-])c1[N+](=O)[O-]. The maximum absolute atomic E-state index is 14.0. The molecule has 2 atom stereocenters. The molecule has 1 aromatic rings. The van der Waals surface area contributed by atoms with Gasteiger partial charge in [-0.05, 0) is 12.5 Å². The van der Waals surface area contributed by atoms with Crippen LogP contribution in [0.4, 0.5) is 15.8 Å². The van der Waals surface area contributed by atoms with Crippen molar-refractivity contribution < 1.29 is 23.8 Å². The Morgan fingerprint density at radius 1 is 1.23 bits per heavy atom. The highest BCUT2D eigenvalue weighted by Gasteiger charge is 2.37. The molecule has 0 aliphatic carbocycles. The van der Waals surface area contributed by atoms with Crippen molar-refractivity contribution in [1.29, 1.82) is 0 Å². The first-order valence-electron chi connectivity index (χ1n) is 6.36. The number of para-hydroxylation sites is 1. The normalized spacial score (nSPS) is 13.2. The molecule has 1 rings (SSSR count). The van der Waals surface area contributed by atoms with Crippen molar-refractivity contribution >= 4 is 22.9 Å². The number of Topliss-reactive ketones (excluding diaryl/α,β-unsaturated/α-hetero) is 2. The Balaban J connectivity index is 3.35. The van der Waals surface area contributed by atoms with Crippen LogP contribution in [0, 0.1) is 26.1 Å². The molecule has 0 saturated carbocycles. The van der Waals surface area contributed by atoms with Crippen molar-refractivity contribution in [2.24, 2.45) is 5.92 Å². The van der Waals surface area contributed by atoms with Gasteiger partial charge in [0, 0.05) is 12.0 Å². The fourth-order valence-corrected chi connectivity index (χ4v) is 1.79. The van der Waals surface area contributed by atoms with E-state index >= 15 is 0 Å². The average molecular weight is 312 g/mol. The lowest BCUT2D eigenvalue weighted by atomic mass is 9.94. The first kappa shape index (κ1) is 17.3. The minimum Gasteiger partial charge on any atom is -0.296 e. The summed E-state index contributed by atoms with van der Waals surface area (Å²) in [5, 5.41) is 21.8. The summed E-state index contributed by atoms with van der Waals surface area (Å²) in [6.45, 7) is 3.04. The van der Waals surface area contributed by atoms with Crippen LogP contribution in [-0.4, -0.2) is 27.6 Å². The van der Waals surface area contributed by atoms with Crippen LogP contribution in [-0.2, 0) is 4.79 Å². The predicted octanol–water partition coefficient (Wildman–Crippen LogP) is 2.64. The van der Waals surface area contributed by atoms with Gasteiger partial charge in [-0.3, -0.25) is 29.8 Å². The monoisotopic (exact) mass is 312 g/mol. The van der Waals surface area contributed by atoms with Crippen LogP contribution < -0.4 is 0 Å². The molecule has 8 nitrogen and oxygen atoms in total. The van der Waals surface area contributed by atoms with E-state index in [1.54, 1.807) is 6.92 Å². The fourth-order valence-electron chi connectivity index (χ4n) is 1.79. The fraction of sp³-hybridized carbons (Fsp3) is 0.385. The van der Waals surface area contributed by atoms with Crippen LogP contribution >= 0.6 is 0 Å². The molecule has 0 fully saturated rings. The second-order valence-electron chi connectivity index (χ2n) is 4.63. The summed E-state index contributed by atoms with van der Waals surface area (Å²) in [6.07, 6.45) is -2.29. The van der Waals surface area contributed by atoms with Gasteiger partial charge in [0.15, 0.2) is 5.78 Å². The van der Waals surface area contributed by atoms with E-state index in [1.807, 2.05) is 0 Å². The molecule has 9 heteroatoms. The average Bonchev–Trinajstić information content (AvgIpc) is 2.50. The lowest BCUT2D eigenvalue weighted by Crippen LogP contribution is -2.30. The zero-order chi connectivity index (χ0) is 17.0. The Bertz CT molecular complexity index is 645. The van der Waals surface area contributed by atoms with E-state index in [2.05, 4.69) is 0 Å². The van der Waals surface area contributed by atoms with Gasteiger partial charge in [-0.25, -0.2) is 4.39 Å². The van der Waals surface area contributed by atoms with Gasteiger partial charge in [0.2, 0.25) is 12.0 Å². The Morgan fingerprint density at radius 3 is 2.27 bits per heavy atom. The summed E-state index contributed by atoms with van der Waals surface area (Å²) < 4.78 is 14.0. The van der Waals surface area contributed by atoms with E-state index in [4.69, 9.17) is 0 Å². The standard InChI is InChI=1S/C13H13FN2O6/c1-3-7(2)12(17)10(14)13(18)8-5-4-6-9(15(19)20)11(8)16(21)22/h4-7,10H,3H2,1-2H3. The molecule has 0 heterocycles. The number of alkyl halides is 1. The van der Waals surface area contributed by atoms with Crippen LogP contribution in [0.25, 0.3) is 0 Å². The third-order valence-electron chi connectivity index (χ3n) is 3.24. The molecule has 0 aliphatic heterocycles. The van der Waals surface area contributed by atoms with Crippen LogP contribution in [0.1, 0.15) is 30.6 Å². The molecule has 1 aromatic carbocycles. The van der Waals surface area contributed by atoms with Gasteiger partial charge in [0.05, 0.1) is 9.85 Å². The van der Waals surface area contributed by atoms with Crippen molar-refractivity contribution in [3.63, 3.8) is 0 Å². The highest BCUT2D eigenvalue weighted by molar-refractivity contribution is 6.15. The number of nitro groups is 2. The lowest BCUT2D eigenvalue weighted by molar-refractivity contribution is -0.422. The number of ketones is 2. The van der Waals surface area contributed by atoms with Gasteiger partial charge in [0.1, 0.15) is 5.56 Å². The number of carbonyl (C=O) groups is 2. The molecule has 118 valence electrons. The molecule has 0 aromatic heterocycles. The molecule has 0 amide bonds. The summed E-state index contributed by atoms with van der Waals surface area (Å²) in [5.41, 5.74) is -2.83. The second-order valence-corrected chi connectivity index (χ2v) is 4.63. The quantitative estimate of drug-likeness (QED) is 0.330. The minimum atomic E-state index is -2.59. The van der Waals surface area contributed by atoms with Crippen LogP contribution in [0.5, 0.6) is 0 Å². The first-order valence-corrected chi connectivity index (χ1v) is 6.36. The molecule has 2 unspecified atom stereocenters. The van der Waals surface area contributed by atoms with Crippen molar-refractivity contribution in [2.75, 3.05) is 0 Å². The summed E-state index contributed by atoms with van der Waals surface area (Å²) >= 11 is 0. The summed E-state index contributed by atoms with van der Waals surface area (Å²) in [4.78, 5) is 43.3. The third kappa shape index (κ3) is 3.30. The number of hydrogen-bond acceptors (Lipinski definition) is 6. The molecule has 0 N–H and O–H groups in total. The third-order valence-corrected chi connectivity index (χ3v) is 3.24. The van der Waals surface area contributed by atoms with E-state index in [9.17, 15) is 34.2 Å².